The minimum atomic E-state index is -0.832. The van der Waals surface area contributed by atoms with Gasteiger partial charge in [0.2, 0.25) is 5.91 Å². The topological polar surface area (TPSA) is 92.4 Å². The third-order valence-electron chi connectivity index (χ3n) is 3.14. The summed E-state index contributed by atoms with van der Waals surface area (Å²) in [4.78, 5) is 22.0. The van der Waals surface area contributed by atoms with Crippen molar-refractivity contribution >= 4 is 11.9 Å². The molecule has 0 aliphatic heterocycles. The van der Waals surface area contributed by atoms with E-state index in [1.54, 1.807) is 0 Å². The van der Waals surface area contributed by atoms with E-state index in [0.29, 0.717) is 0 Å². The Bertz CT molecular complexity index is 247. The van der Waals surface area contributed by atoms with E-state index in [1.165, 1.54) is 0 Å². The Morgan fingerprint density at radius 1 is 1.20 bits per heavy atom. The third kappa shape index (κ3) is 3.51. The van der Waals surface area contributed by atoms with Crippen LogP contribution in [0.3, 0.4) is 0 Å². The highest BCUT2D eigenvalue weighted by molar-refractivity contribution is 5.77. The lowest BCUT2D eigenvalue weighted by Crippen LogP contribution is -2.37. The second kappa shape index (κ2) is 5.11. The molecular weight excluding hydrogens is 196 g/mol. The van der Waals surface area contributed by atoms with Crippen LogP contribution in [0.15, 0.2) is 0 Å². The first-order chi connectivity index (χ1) is 7.08. The number of nitrogens with two attached hydrogens (primary N) is 1. The Labute approximate surface area is 89.0 Å². The summed E-state index contributed by atoms with van der Waals surface area (Å²) < 4.78 is 0. The van der Waals surface area contributed by atoms with E-state index in [4.69, 9.17) is 10.9 Å². The van der Waals surface area contributed by atoms with Gasteiger partial charge in [0, 0.05) is 6.42 Å². The molecule has 15 heavy (non-hydrogen) atoms. The lowest BCUT2D eigenvalue weighted by molar-refractivity contribution is -0.141. The second-order valence-electron chi connectivity index (χ2n) is 4.38. The van der Waals surface area contributed by atoms with Gasteiger partial charge in [0.05, 0.1) is 6.42 Å². The van der Waals surface area contributed by atoms with Gasteiger partial charge in [-0.25, -0.2) is 5.84 Å². The number of aliphatic carboxylic acids is 1. The normalized spacial score (nSPS) is 19.5. The molecule has 1 fully saturated rings. The largest absolute Gasteiger partial charge is 0.481 e. The van der Waals surface area contributed by atoms with Gasteiger partial charge >= 0.3 is 5.97 Å². The first-order valence-electron chi connectivity index (χ1n) is 5.29. The molecule has 1 aliphatic rings. The van der Waals surface area contributed by atoms with E-state index in [1.807, 2.05) is 0 Å². The number of nitrogens with one attached hydrogen (secondary N) is 1. The Kier molecular flexibility index (Phi) is 4.08. The molecule has 1 rings (SSSR count). The zero-order valence-corrected chi connectivity index (χ0v) is 8.79. The highest BCUT2D eigenvalue weighted by atomic mass is 16.4. The van der Waals surface area contributed by atoms with Crippen LogP contribution in [0.25, 0.3) is 0 Å². The van der Waals surface area contributed by atoms with Crippen molar-refractivity contribution in [2.24, 2.45) is 11.3 Å². The second-order valence-corrected chi connectivity index (χ2v) is 4.38. The molecule has 1 amide bonds. The number of hydrogen-bond acceptors (Lipinski definition) is 3. The zero-order chi connectivity index (χ0) is 11.3. The summed E-state index contributed by atoms with van der Waals surface area (Å²) in [5, 5.41) is 8.85. The number of carbonyl (C=O) groups excluding carboxylic acids is 1. The van der Waals surface area contributed by atoms with Crippen LogP contribution in [0.5, 0.6) is 0 Å². The molecule has 5 heteroatoms. The number of hydrogen-bond donors (Lipinski definition) is 3. The van der Waals surface area contributed by atoms with Crippen molar-refractivity contribution in [2.45, 2.75) is 44.9 Å². The van der Waals surface area contributed by atoms with Crippen LogP contribution in [0.1, 0.15) is 44.9 Å². The van der Waals surface area contributed by atoms with Crippen LogP contribution in [0.4, 0.5) is 0 Å². The van der Waals surface area contributed by atoms with Crippen molar-refractivity contribution in [2.75, 3.05) is 0 Å². The highest BCUT2D eigenvalue weighted by Crippen LogP contribution is 2.42. The number of carbonyl (C=O) groups is 2. The molecule has 0 aromatic carbocycles. The number of carboxylic acids is 1. The molecule has 0 aromatic rings. The Balaban J connectivity index is 2.65. The van der Waals surface area contributed by atoms with Gasteiger partial charge in [0.15, 0.2) is 0 Å². The van der Waals surface area contributed by atoms with Crippen LogP contribution >= 0.6 is 0 Å². The molecule has 0 heterocycles. The smallest absolute Gasteiger partial charge is 0.303 e. The average molecular weight is 214 g/mol. The molecule has 0 spiro atoms. The maximum Gasteiger partial charge on any atom is 0.303 e. The van der Waals surface area contributed by atoms with Crippen molar-refractivity contribution < 1.29 is 14.7 Å². The van der Waals surface area contributed by atoms with E-state index in [-0.39, 0.29) is 24.2 Å². The average Bonchev–Trinajstić information content (AvgIpc) is 2.17. The number of hydrazine groups is 1. The predicted molar refractivity (Wildman–Crippen MR) is 54.7 cm³/mol. The van der Waals surface area contributed by atoms with Gasteiger partial charge in [-0.1, -0.05) is 19.3 Å². The van der Waals surface area contributed by atoms with Crippen LogP contribution in [-0.2, 0) is 9.59 Å². The summed E-state index contributed by atoms with van der Waals surface area (Å²) in [5.74, 6) is 3.93. The lowest BCUT2D eigenvalue weighted by atomic mass is 9.69. The van der Waals surface area contributed by atoms with Gasteiger partial charge in [-0.2, -0.15) is 0 Å². The summed E-state index contributed by atoms with van der Waals surface area (Å²) >= 11 is 0. The van der Waals surface area contributed by atoms with Gasteiger partial charge in [-0.05, 0) is 18.3 Å². The minimum Gasteiger partial charge on any atom is -0.481 e. The van der Waals surface area contributed by atoms with Crippen molar-refractivity contribution in [1.29, 1.82) is 0 Å². The monoisotopic (exact) mass is 214 g/mol. The molecule has 0 unspecified atom stereocenters. The van der Waals surface area contributed by atoms with E-state index >= 15 is 0 Å². The molecule has 86 valence electrons. The first-order valence-corrected chi connectivity index (χ1v) is 5.29. The van der Waals surface area contributed by atoms with Crippen molar-refractivity contribution in [3.8, 4) is 0 Å². The fourth-order valence-corrected chi connectivity index (χ4v) is 2.43. The summed E-state index contributed by atoms with van der Waals surface area (Å²) in [6, 6.07) is 0. The maximum absolute atomic E-state index is 11.2. The summed E-state index contributed by atoms with van der Waals surface area (Å²) in [6.07, 6.45) is 5.07. The van der Waals surface area contributed by atoms with Gasteiger partial charge in [-0.3, -0.25) is 15.0 Å². The summed E-state index contributed by atoms with van der Waals surface area (Å²) in [7, 11) is 0. The Morgan fingerprint density at radius 3 is 2.27 bits per heavy atom. The standard InChI is InChI=1S/C10H18N2O3/c11-12-8(13)6-10(7-9(14)15)4-2-1-3-5-10/h1-7,11H2,(H,12,13)(H,14,15). The van der Waals surface area contributed by atoms with Gasteiger partial charge in [0.25, 0.3) is 0 Å². The number of amides is 1. The van der Waals surface area contributed by atoms with E-state index in [2.05, 4.69) is 5.43 Å². The molecule has 0 aromatic heterocycles. The van der Waals surface area contributed by atoms with Crippen molar-refractivity contribution in [1.82, 2.24) is 5.43 Å². The van der Waals surface area contributed by atoms with Crippen LogP contribution in [0.2, 0.25) is 0 Å². The minimum absolute atomic E-state index is 0.0699. The Morgan fingerprint density at radius 2 is 1.80 bits per heavy atom. The molecule has 0 bridgehead atoms. The summed E-state index contributed by atoms with van der Waals surface area (Å²) in [6.45, 7) is 0. The third-order valence-corrected chi connectivity index (χ3v) is 3.14. The molecule has 1 aliphatic carbocycles. The maximum atomic E-state index is 11.2. The molecule has 0 atom stereocenters. The molecular formula is C10H18N2O3. The lowest BCUT2D eigenvalue weighted by Gasteiger charge is -2.35. The fraction of sp³-hybridized carbons (Fsp3) is 0.800. The van der Waals surface area contributed by atoms with Crippen LogP contribution in [0, 0.1) is 5.41 Å². The zero-order valence-electron chi connectivity index (χ0n) is 8.79. The quantitative estimate of drug-likeness (QED) is 0.366. The van der Waals surface area contributed by atoms with Crippen LogP contribution < -0.4 is 11.3 Å². The van der Waals surface area contributed by atoms with E-state index in [9.17, 15) is 9.59 Å². The van der Waals surface area contributed by atoms with Crippen molar-refractivity contribution in [3.05, 3.63) is 0 Å². The SMILES string of the molecule is NNC(=O)CC1(CC(=O)O)CCCCC1. The molecule has 0 saturated heterocycles. The highest BCUT2D eigenvalue weighted by Gasteiger charge is 2.36. The number of carboxylic acid groups (broad SMARTS) is 1. The summed E-state index contributed by atoms with van der Waals surface area (Å²) in [5.41, 5.74) is 1.71. The van der Waals surface area contributed by atoms with Crippen molar-refractivity contribution in [3.63, 3.8) is 0 Å². The van der Waals surface area contributed by atoms with E-state index < -0.39 is 5.97 Å². The van der Waals surface area contributed by atoms with Gasteiger partial charge in [0.1, 0.15) is 0 Å². The molecule has 1 saturated carbocycles. The Hall–Kier alpha value is -1.10. The van der Waals surface area contributed by atoms with Crippen LogP contribution in [-0.4, -0.2) is 17.0 Å². The van der Waals surface area contributed by atoms with Gasteiger partial charge < -0.3 is 5.11 Å². The molecule has 4 N–H and O–H groups in total. The predicted octanol–water partition coefficient (Wildman–Crippen LogP) is 0.792. The van der Waals surface area contributed by atoms with E-state index in [0.717, 1.165) is 32.1 Å². The molecule has 5 nitrogen and oxygen atoms in total. The fourth-order valence-electron chi connectivity index (χ4n) is 2.43. The number of rotatable bonds is 4. The molecule has 0 radical (unpaired) electrons. The first kappa shape index (κ1) is 12.0. The van der Waals surface area contributed by atoms with Gasteiger partial charge in [-0.15, -0.1) is 0 Å².